The van der Waals surface area contributed by atoms with Crippen LogP contribution in [0, 0.1) is 63.9 Å². The molecule has 0 saturated carbocycles. The van der Waals surface area contributed by atoms with Crippen LogP contribution < -0.4 is 29.7 Å². The maximum atomic E-state index is 17.0. The van der Waals surface area contributed by atoms with E-state index in [9.17, 15) is 10.5 Å². The van der Waals surface area contributed by atoms with Crippen LogP contribution in [0.3, 0.4) is 0 Å². The smallest absolute Gasteiger partial charge is 0.310 e. The molecule has 0 atom stereocenters. The van der Waals surface area contributed by atoms with Gasteiger partial charge in [-0.1, -0.05) is 91.0 Å². The zero-order valence-corrected chi connectivity index (χ0v) is 50.9. The molecule has 2 aliphatic heterocycles. The van der Waals surface area contributed by atoms with Gasteiger partial charge in [-0.25, -0.2) is 9.32 Å². The Bertz CT molecular complexity index is 5690. The van der Waals surface area contributed by atoms with Gasteiger partial charge in [0.2, 0.25) is 16.7 Å². The summed E-state index contributed by atoms with van der Waals surface area (Å²) in [6, 6.07) is 78.4. The van der Waals surface area contributed by atoms with E-state index < -0.39 is 7.26 Å². The van der Waals surface area contributed by atoms with Crippen molar-refractivity contribution in [3.63, 3.8) is 0 Å². The third-order valence-corrected chi connectivity index (χ3v) is 18.0. The molecule has 2 aliphatic rings. The zero-order valence-electron chi connectivity index (χ0n) is 50.9. The lowest BCUT2D eigenvalue weighted by Gasteiger charge is -2.27. The Kier molecular flexibility index (Phi) is 12.9. The van der Waals surface area contributed by atoms with Gasteiger partial charge in [-0.15, -0.1) is 0 Å². The SMILES string of the molecule is [C-]#[N+]/C(=C(/C#N)c1ccc(N(c2ccc(-c3ccc4[n+](c3)B(F)n3c(c5cccc6c(C)ccc3c65)=N4)cc2)c2cc(C)cc(C)c2)cc1)c1ccc(N(c2ccc(-c3ccc4[n+](c3)[B]n3c(c5ccc(C#N)c6cccc3c65)=N4)cc2)c2cc(C)cc(C)c2)cc1. The van der Waals surface area contributed by atoms with Gasteiger partial charge in [-0.3, -0.25) is 13.3 Å². The number of hydrogen-bond acceptors (Lipinski definition) is 6. The second-order valence-electron chi connectivity index (χ2n) is 24.0. The van der Waals surface area contributed by atoms with E-state index in [1.165, 1.54) is 0 Å². The molecule has 0 fully saturated rings. The molecular formula is C78H53B2FN11+2. The molecule has 0 spiro atoms. The number of aryl methyl sites for hydroxylation is 5. The number of pyridine rings is 2. The average molecular weight is 1180 g/mol. The number of benzene rings is 10. The van der Waals surface area contributed by atoms with Crippen LogP contribution in [0.25, 0.3) is 81.7 Å². The second-order valence-corrected chi connectivity index (χ2v) is 24.0. The summed E-state index contributed by atoms with van der Waals surface area (Å²) < 4.78 is 24.4. The highest BCUT2D eigenvalue weighted by molar-refractivity contribution is 6.42. The van der Waals surface area contributed by atoms with Gasteiger partial charge in [-0.05, 0) is 215 Å². The number of hydrogen-bond donors (Lipinski definition) is 0. The van der Waals surface area contributed by atoms with Crippen molar-refractivity contribution in [2.24, 2.45) is 9.98 Å². The molecule has 0 saturated heterocycles. The van der Waals surface area contributed by atoms with E-state index in [4.69, 9.17) is 16.6 Å². The van der Waals surface area contributed by atoms with Gasteiger partial charge in [0.05, 0.1) is 53.0 Å². The summed E-state index contributed by atoms with van der Waals surface area (Å²) in [4.78, 5) is 18.5. The van der Waals surface area contributed by atoms with Crippen LogP contribution in [0.4, 0.5) is 50.1 Å². The van der Waals surface area contributed by atoms with Gasteiger partial charge in [0.1, 0.15) is 0 Å². The fraction of sp³-hybridized carbons (Fsp3) is 0.0641. The third kappa shape index (κ3) is 9.01. The largest absolute Gasteiger partial charge is 0.727 e. The highest BCUT2D eigenvalue weighted by Gasteiger charge is 2.40. The van der Waals surface area contributed by atoms with E-state index in [0.29, 0.717) is 28.0 Å². The molecule has 16 rings (SSSR count). The Labute approximate surface area is 531 Å². The predicted octanol–water partition coefficient (Wildman–Crippen LogP) is 16.7. The molecule has 431 valence electrons. The maximum Gasteiger partial charge on any atom is 0.727 e. The lowest BCUT2D eigenvalue weighted by Crippen LogP contribution is -2.58. The molecule has 4 aromatic heterocycles. The molecule has 92 heavy (non-hydrogen) atoms. The van der Waals surface area contributed by atoms with Crippen molar-refractivity contribution < 1.29 is 13.3 Å². The lowest BCUT2D eigenvalue weighted by atomic mass is 9.98. The summed E-state index contributed by atoms with van der Waals surface area (Å²) in [7, 11) is 0.571. The fourth-order valence-corrected chi connectivity index (χ4v) is 13.8. The van der Waals surface area contributed by atoms with E-state index >= 15 is 4.32 Å². The summed E-state index contributed by atoms with van der Waals surface area (Å²) in [6.07, 6.45) is 3.95. The third-order valence-electron chi connectivity index (χ3n) is 18.0. The monoisotopic (exact) mass is 1180 g/mol. The molecule has 14 heteroatoms. The van der Waals surface area contributed by atoms with E-state index in [-0.39, 0.29) is 11.3 Å². The molecule has 1 radical (unpaired) electrons. The highest BCUT2D eigenvalue weighted by atomic mass is 19.1. The van der Waals surface area contributed by atoms with Crippen molar-refractivity contribution in [2.75, 3.05) is 9.80 Å². The Hall–Kier alpha value is -12.2. The van der Waals surface area contributed by atoms with Crippen molar-refractivity contribution in [3.05, 3.63) is 298 Å². The summed E-state index contributed by atoms with van der Waals surface area (Å²) in [5.41, 5.74) is 20.7. The topological polar surface area (TPSA) is 101 Å². The number of nitrogens with zero attached hydrogens (tertiary/aromatic N) is 11. The lowest BCUT2D eigenvalue weighted by molar-refractivity contribution is -0.535. The first-order valence-corrected chi connectivity index (χ1v) is 30.4. The van der Waals surface area contributed by atoms with Crippen LogP contribution in [-0.4, -0.2) is 23.8 Å². The van der Waals surface area contributed by atoms with Gasteiger partial charge in [0.25, 0.3) is 0 Å². The molecule has 0 amide bonds. The van der Waals surface area contributed by atoms with Crippen molar-refractivity contribution in [1.82, 2.24) is 8.96 Å². The van der Waals surface area contributed by atoms with Crippen LogP contribution in [0.2, 0.25) is 0 Å². The highest BCUT2D eigenvalue weighted by Crippen LogP contribution is 2.42. The molecule has 14 aromatic rings. The number of halogens is 1. The van der Waals surface area contributed by atoms with E-state index in [1.807, 2.05) is 126 Å². The van der Waals surface area contributed by atoms with Gasteiger partial charge in [0, 0.05) is 84.6 Å². The predicted molar refractivity (Wildman–Crippen MR) is 367 cm³/mol. The number of nitriles is 2. The van der Waals surface area contributed by atoms with E-state index in [1.54, 1.807) is 8.96 Å². The second kappa shape index (κ2) is 21.6. The van der Waals surface area contributed by atoms with Crippen molar-refractivity contribution in [3.8, 4) is 34.4 Å². The van der Waals surface area contributed by atoms with Crippen molar-refractivity contribution in [2.45, 2.75) is 34.6 Å². The summed E-state index contributed by atoms with van der Waals surface area (Å²) >= 11 is 0. The normalized spacial score (nSPS) is 12.4. The van der Waals surface area contributed by atoms with E-state index in [2.05, 4.69) is 183 Å². The summed E-state index contributed by atoms with van der Waals surface area (Å²) in [6.45, 7) is 19.0. The Morgan fingerprint density at radius 3 is 1.62 bits per heavy atom. The summed E-state index contributed by atoms with van der Waals surface area (Å²) in [5, 5.41) is 26.8. The number of aromatic nitrogens is 4. The van der Waals surface area contributed by atoms with Crippen LogP contribution in [0.5, 0.6) is 0 Å². The molecule has 0 bridgehead atoms. The molecule has 6 heterocycles. The Morgan fingerprint density at radius 2 is 1.02 bits per heavy atom. The van der Waals surface area contributed by atoms with Gasteiger partial charge in [-0.2, -0.15) is 10.5 Å². The Balaban J connectivity index is 0.683. The van der Waals surface area contributed by atoms with Gasteiger partial charge >= 0.3 is 26.4 Å². The number of anilines is 6. The molecule has 11 nitrogen and oxygen atoms in total. The van der Waals surface area contributed by atoms with Crippen molar-refractivity contribution >= 4 is 115 Å². The number of allylic oxidation sites excluding steroid dienone is 1. The maximum absolute atomic E-state index is 17.0. The minimum absolute atomic E-state index is 0.252. The number of fused-ring (bicyclic) bond motifs is 8. The quantitative estimate of drug-likeness (QED) is 0.0589. The van der Waals surface area contributed by atoms with Crippen LogP contribution in [-0.2, 0) is 0 Å². The zero-order chi connectivity index (χ0) is 62.6. The molecule has 10 aromatic carbocycles. The first-order chi connectivity index (χ1) is 44.9. The molecule has 0 unspecified atom stereocenters. The van der Waals surface area contributed by atoms with Gasteiger partial charge in [0.15, 0.2) is 0 Å². The van der Waals surface area contributed by atoms with Crippen LogP contribution in [0.15, 0.2) is 241 Å². The molecular weight excluding hydrogens is 1130 g/mol. The van der Waals surface area contributed by atoms with E-state index in [0.717, 1.165) is 139 Å². The Morgan fingerprint density at radius 1 is 0.511 bits per heavy atom. The molecule has 0 N–H and O–H groups in total. The fourth-order valence-electron chi connectivity index (χ4n) is 13.8. The molecule has 0 aliphatic carbocycles. The first kappa shape index (κ1) is 55.2. The standard InChI is InChI=1S/C78H53B2FN11/c1-47-37-48(2)40-63(39-47)89(60-27-16-53(17-28-60)58-24-36-73-86-78-67-11-7-9-65-51(5)13-34-71(74(65)67)92(78)80(81)88(73)46-58)61-29-18-54(19-30-61)69(44-83)76(84-6)55-20-31-62(32-21-55)90(64-41-49(3)38-50(4)42-64)59-25-14-52(15-26-59)57-23-35-72-85-77-68-33-22-56(43-82)66-10-8-12-70(75(66)68)91(77)79-87(72)45-57/h7-42,45-46H,1-5H3/q+2/b76-69-. The van der Waals surface area contributed by atoms with Crippen LogP contribution in [0.1, 0.15) is 44.5 Å². The van der Waals surface area contributed by atoms with Crippen LogP contribution >= 0.6 is 0 Å². The van der Waals surface area contributed by atoms with Gasteiger partial charge < -0.3 is 14.3 Å². The minimum atomic E-state index is -1.49. The number of rotatable bonds is 10. The average Bonchev–Trinajstić information content (AvgIpc) is 1.57. The first-order valence-electron chi connectivity index (χ1n) is 30.4. The van der Waals surface area contributed by atoms with Crippen molar-refractivity contribution in [1.29, 1.82) is 10.5 Å². The minimum Gasteiger partial charge on any atom is -0.310 e. The summed E-state index contributed by atoms with van der Waals surface area (Å²) in [5.74, 6) is 1.35.